The molecule has 1 rings (SSSR count). The van der Waals surface area contributed by atoms with Crippen LogP contribution in [0.15, 0.2) is 0 Å². The first-order chi connectivity index (χ1) is 6.00. The summed E-state index contributed by atoms with van der Waals surface area (Å²) in [6.45, 7) is 0.996. The predicted molar refractivity (Wildman–Crippen MR) is 45.3 cm³/mol. The van der Waals surface area contributed by atoms with Gasteiger partial charge in [0.1, 0.15) is 11.6 Å². The lowest BCUT2D eigenvalue weighted by Gasteiger charge is -2.07. The van der Waals surface area contributed by atoms with Gasteiger partial charge in [-0.3, -0.25) is 12.9 Å². The second-order valence-corrected chi connectivity index (χ2v) is 5.15. The Bertz CT molecular complexity index is 324. The summed E-state index contributed by atoms with van der Waals surface area (Å²) in [7, 11) is 0. The maximum absolute atomic E-state index is 12.9. The van der Waals surface area contributed by atoms with Gasteiger partial charge in [0.2, 0.25) is 0 Å². The molecular formula is C7H3BrF4Mg. The Morgan fingerprint density at radius 1 is 0.923 bits per heavy atom. The fourth-order valence-electron chi connectivity index (χ4n) is 0.904. The minimum Gasteiger partial charge on any atom is -0.296 e. The molecule has 0 aliphatic heterocycles. The summed E-state index contributed by atoms with van der Waals surface area (Å²) in [5.74, 6) is -5.17. The molecule has 0 nitrogen and oxygen atoms in total. The van der Waals surface area contributed by atoms with Gasteiger partial charge in [-0.15, -0.1) is 0 Å². The number of benzene rings is 1. The summed E-state index contributed by atoms with van der Waals surface area (Å²) in [6, 6.07) is 0. The van der Waals surface area contributed by atoms with E-state index in [2.05, 4.69) is 12.9 Å². The van der Waals surface area contributed by atoms with Crippen LogP contribution in [0.4, 0.5) is 17.6 Å². The van der Waals surface area contributed by atoms with E-state index in [1.807, 2.05) is 0 Å². The van der Waals surface area contributed by atoms with Crippen LogP contribution in [0.2, 0.25) is 0 Å². The van der Waals surface area contributed by atoms with Gasteiger partial charge in [-0.2, -0.15) is 0 Å². The van der Waals surface area contributed by atoms with Crippen LogP contribution >= 0.6 is 12.9 Å². The SMILES string of the molecule is Cc1c(F)c(F)[c]([Mg][Br])c(F)c1F. The minimum atomic E-state index is -1.44. The standard InChI is InChI=1S/C7H3F4.BrH.Mg/c1-3-6(10)4(8)2-5(9)7(3)11;;/h1H3;1H;/q;;+1/p-1. The van der Waals surface area contributed by atoms with Gasteiger partial charge in [-0.25, -0.2) is 17.6 Å². The van der Waals surface area contributed by atoms with Gasteiger partial charge in [0, 0.05) is 5.56 Å². The van der Waals surface area contributed by atoms with Gasteiger partial charge >= 0.3 is 18.2 Å². The molecule has 0 spiro atoms. The molecule has 1 aromatic carbocycles. The van der Waals surface area contributed by atoms with Gasteiger partial charge in [-0.05, 0) is 6.92 Å². The zero-order valence-corrected chi connectivity index (χ0v) is 9.60. The van der Waals surface area contributed by atoms with Crippen molar-refractivity contribution >= 4 is 34.8 Å². The van der Waals surface area contributed by atoms with Crippen molar-refractivity contribution in [3.8, 4) is 0 Å². The number of rotatable bonds is 1. The molecule has 0 bridgehead atoms. The fourth-order valence-corrected chi connectivity index (χ4v) is 2.93. The number of hydrogen-bond donors (Lipinski definition) is 0. The monoisotopic (exact) mass is 266 g/mol. The zero-order chi connectivity index (χ0) is 10.2. The average Bonchev–Trinajstić information content (AvgIpc) is 2.13. The average molecular weight is 267 g/mol. The van der Waals surface area contributed by atoms with Crippen LogP contribution in [-0.2, 0) is 0 Å². The Morgan fingerprint density at radius 3 is 1.62 bits per heavy atom. The molecule has 0 saturated carbocycles. The van der Waals surface area contributed by atoms with Crippen LogP contribution in [-0.4, -0.2) is 18.2 Å². The molecule has 0 aliphatic carbocycles. The second kappa shape index (κ2) is 4.14. The van der Waals surface area contributed by atoms with E-state index in [0.717, 1.165) is 6.92 Å². The van der Waals surface area contributed by atoms with Crippen LogP contribution in [0.3, 0.4) is 0 Å². The molecule has 0 radical (unpaired) electrons. The molecule has 0 saturated heterocycles. The molecule has 0 fully saturated rings. The lowest BCUT2D eigenvalue weighted by molar-refractivity contribution is 0.454. The Kier molecular flexibility index (Phi) is 3.59. The van der Waals surface area contributed by atoms with E-state index in [-0.39, 0.29) is 0 Å². The van der Waals surface area contributed by atoms with Crippen LogP contribution in [0.5, 0.6) is 0 Å². The highest BCUT2D eigenvalue weighted by Crippen LogP contribution is 2.16. The Balaban J connectivity index is 3.56. The molecular weight excluding hydrogens is 264 g/mol. The molecule has 0 aromatic heterocycles. The number of halogens is 5. The highest BCUT2D eigenvalue weighted by molar-refractivity contribution is 9.23. The van der Waals surface area contributed by atoms with Crippen LogP contribution < -0.4 is 3.69 Å². The van der Waals surface area contributed by atoms with Crippen LogP contribution in [0.25, 0.3) is 0 Å². The fraction of sp³-hybridized carbons (Fsp3) is 0.143. The summed E-state index contributed by atoms with van der Waals surface area (Å²) in [5.41, 5.74) is -0.617. The third-order valence-corrected chi connectivity index (χ3v) is 4.28. The van der Waals surface area contributed by atoms with Crippen molar-refractivity contribution < 1.29 is 17.6 Å². The topological polar surface area (TPSA) is 0 Å². The smallest absolute Gasteiger partial charge is 0.296 e. The van der Waals surface area contributed by atoms with Crippen molar-refractivity contribution in [1.29, 1.82) is 0 Å². The van der Waals surface area contributed by atoms with Gasteiger partial charge in [0.25, 0.3) is 0 Å². The van der Waals surface area contributed by atoms with E-state index in [1.165, 1.54) is 0 Å². The second-order valence-electron chi connectivity index (χ2n) is 2.49. The van der Waals surface area contributed by atoms with Gasteiger partial charge in [0.05, 0.1) is 0 Å². The first-order valence-corrected chi connectivity index (χ1v) is 7.98. The highest BCUT2D eigenvalue weighted by Gasteiger charge is 2.22. The summed E-state index contributed by atoms with van der Waals surface area (Å²) in [6.07, 6.45) is 0. The Morgan fingerprint density at radius 2 is 1.31 bits per heavy atom. The highest BCUT2D eigenvalue weighted by atomic mass is 79.9. The predicted octanol–water partition coefficient (Wildman–Crippen LogP) is 2.19. The summed E-state index contributed by atoms with van der Waals surface area (Å²) >= 11 is 1.43. The van der Waals surface area contributed by atoms with Crippen molar-refractivity contribution in [2.75, 3.05) is 0 Å². The molecule has 6 heteroatoms. The zero-order valence-electron chi connectivity index (χ0n) is 6.60. The largest absolute Gasteiger partial charge is 0.516 e. The summed E-state index contributed by atoms with van der Waals surface area (Å²) < 4.78 is 51.0. The van der Waals surface area contributed by atoms with E-state index in [4.69, 9.17) is 0 Å². The lowest BCUT2D eigenvalue weighted by Crippen LogP contribution is -2.23. The van der Waals surface area contributed by atoms with E-state index >= 15 is 0 Å². The molecule has 13 heavy (non-hydrogen) atoms. The van der Waals surface area contributed by atoms with Crippen molar-refractivity contribution in [2.24, 2.45) is 0 Å². The number of hydrogen-bond acceptors (Lipinski definition) is 0. The first-order valence-electron chi connectivity index (χ1n) is 3.38. The Hall–Kier alpha value is 0.186. The van der Waals surface area contributed by atoms with Crippen LogP contribution in [0.1, 0.15) is 5.56 Å². The molecule has 0 atom stereocenters. The van der Waals surface area contributed by atoms with Crippen molar-refractivity contribution in [2.45, 2.75) is 6.92 Å². The van der Waals surface area contributed by atoms with E-state index in [9.17, 15) is 17.6 Å². The normalized spacial score (nSPS) is 10.0. The Labute approximate surface area is 87.9 Å². The summed E-state index contributed by atoms with van der Waals surface area (Å²) in [5, 5.41) is 0. The molecule has 1 aromatic rings. The van der Waals surface area contributed by atoms with E-state index in [1.54, 1.807) is 0 Å². The van der Waals surface area contributed by atoms with Crippen molar-refractivity contribution in [3.05, 3.63) is 28.8 Å². The third-order valence-electron chi connectivity index (χ3n) is 1.71. The van der Waals surface area contributed by atoms with Gasteiger partial charge in [-0.1, -0.05) is 3.69 Å². The lowest BCUT2D eigenvalue weighted by atomic mass is 10.2. The van der Waals surface area contributed by atoms with Crippen molar-refractivity contribution in [1.82, 2.24) is 0 Å². The molecule has 0 aliphatic rings. The molecule has 68 valence electrons. The van der Waals surface area contributed by atoms with Crippen molar-refractivity contribution in [3.63, 3.8) is 0 Å². The maximum atomic E-state index is 12.9. The van der Waals surface area contributed by atoms with E-state index in [0.29, 0.717) is 0 Å². The summed E-state index contributed by atoms with van der Waals surface area (Å²) in [4.78, 5) is 0. The molecule has 0 amide bonds. The maximum Gasteiger partial charge on any atom is 0.516 e. The first kappa shape index (κ1) is 11.3. The van der Waals surface area contributed by atoms with Gasteiger partial charge in [0.15, 0.2) is 11.6 Å². The minimum absolute atomic E-state index is 0.486. The quantitative estimate of drug-likeness (QED) is 0.416. The molecule has 0 N–H and O–H groups in total. The molecule has 0 heterocycles. The third kappa shape index (κ3) is 1.84. The molecule has 0 unspecified atom stereocenters. The van der Waals surface area contributed by atoms with E-state index < -0.39 is 50.7 Å². The van der Waals surface area contributed by atoms with Crippen LogP contribution in [0, 0.1) is 30.2 Å². The van der Waals surface area contributed by atoms with Gasteiger partial charge < -0.3 is 0 Å².